The molecule has 0 radical (unpaired) electrons. The summed E-state index contributed by atoms with van der Waals surface area (Å²) in [6.07, 6.45) is -0.391. The third kappa shape index (κ3) is 6.32. The van der Waals surface area contributed by atoms with E-state index in [4.69, 9.17) is 9.47 Å². The first kappa shape index (κ1) is 20.8. The Labute approximate surface area is 157 Å². The maximum Gasteiger partial charge on any atom is 0.166 e. The van der Waals surface area contributed by atoms with Gasteiger partial charge in [-0.25, -0.2) is 0 Å². The molecule has 0 saturated carbocycles. The summed E-state index contributed by atoms with van der Waals surface area (Å²) in [5.41, 5.74) is 2.08. The number of halogens is 2. The molecule has 0 saturated heterocycles. The minimum Gasteiger partial charge on any atom is -0.493 e. The Bertz CT molecular complexity index is 623. The van der Waals surface area contributed by atoms with Crippen LogP contribution in [-0.4, -0.2) is 24.9 Å². The van der Waals surface area contributed by atoms with E-state index in [-0.39, 0.29) is 12.4 Å². The van der Waals surface area contributed by atoms with Crippen LogP contribution in [0.25, 0.3) is 0 Å². The average molecular weight is 417 g/mol. The summed E-state index contributed by atoms with van der Waals surface area (Å²) >= 11 is 3.49. The monoisotopic (exact) mass is 415 g/mol. The second-order valence-corrected chi connectivity index (χ2v) is 6.27. The van der Waals surface area contributed by atoms with E-state index in [1.807, 2.05) is 42.5 Å². The summed E-state index contributed by atoms with van der Waals surface area (Å²) in [5.74, 6) is 1.40. The normalized spacial score (nSPS) is 11.5. The van der Waals surface area contributed by atoms with Crippen molar-refractivity contribution >= 4 is 28.3 Å². The van der Waals surface area contributed by atoms with Crippen molar-refractivity contribution in [1.29, 1.82) is 0 Å². The highest BCUT2D eigenvalue weighted by molar-refractivity contribution is 9.10. The fourth-order valence-electron chi connectivity index (χ4n) is 2.21. The topological polar surface area (TPSA) is 50.7 Å². The number of ether oxygens (including phenoxy) is 2. The van der Waals surface area contributed by atoms with Crippen LogP contribution in [-0.2, 0) is 13.2 Å². The van der Waals surface area contributed by atoms with E-state index in [1.165, 1.54) is 0 Å². The molecule has 0 amide bonds. The number of nitrogens with one attached hydrogen (secondary N) is 1. The molecule has 2 aromatic carbocycles. The van der Waals surface area contributed by atoms with Crippen molar-refractivity contribution in [2.24, 2.45) is 0 Å². The zero-order valence-electron chi connectivity index (χ0n) is 13.8. The van der Waals surface area contributed by atoms with Gasteiger partial charge < -0.3 is 19.9 Å². The van der Waals surface area contributed by atoms with Gasteiger partial charge in [-0.05, 0) is 24.6 Å². The van der Waals surface area contributed by atoms with Crippen LogP contribution in [0, 0.1) is 0 Å². The zero-order valence-corrected chi connectivity index (χ0v) is 16.2. The fraction of sp³-hybridized carbons (Fsp3) is 0.333. The summed E-state index contributed by atoms with van der Waals surface area (Å²) in [6.45, 7) is 3.33. The molecule has 0 aliphatic carbocycles. The van der Waals surface area contributed by atoms with E-state index in [2.05, 4.69) is 21.2 Å². The Morgan fingerprint density at radius 3 is 2.54 bits per heavy atom. The molecule has 24 heavy (non-hydrogen) atoms. The van der Waals surface area contributed by atoms with E-state index in [0.29, 0.717) is 25.4 Å². The fourth-order valence-corrected chi connectivity index (χ4v) is 2.70. The van der Waals surface area contributed by atoms with Crippen LogP contribution in [0.3, 0.4) is 0 Å². The van der Waals surface area contributed by atoms with Crippen molar-refractivity contribution in [1.82, 2.24) is 5.32 Å². The van der Waals surface area contributed by atoms with E-state index in [1.54, 1.807) is 14.0 Å². The largest absolute Gasteiger partial charge is 0.493 e. The molecule has 132 valence electrons. The Morgan fingerprint density at radius 2 is 1.92 bits per heavy atom. The van der Waals surface area contributed by atoms with Crippen molar-refractivity contribution in [2.45, 2.75) is 26.2 Å². The summed E-state index contributed by atoms with van der Waals surface area (Å²) in [6, 6.07) is 13.9. The lowest BCUT2D eigenvalue weighted by Crippen LogP contribution is -2.24. The number of aliphatic hydroxyl groups excluding tert-OH is 1. The van der Waals surface area contributed by atoms with Gasteiger partial charge >= 0.3 is 0 Å². The first-order chi connectivity index (χ1) is 11.1. The van der Waals surface area contributed by atoms with E-state index >= 15 is 0 Å². The number of aliphatic hydroxyl groups is 1. The summed E-state index contributed by atoms with van der Waals surface area (Å²) in [5, 5.41) is 12.6. The standard InChI is InChI=1S/C18H22BrNO3.ClH/c1-13(21)10-20-11-15-8-16(19)9-17(22-2)18(15)23-12-14-6-4-3-5-7-14;/h3-9,13,20-21H,10-12H2,1-2H3;1H. The predicted molar refractivity (Wildman–Crippen MR) is 102 cm³/mol. The molecular weight excluding hydrogens is 394 g/mol. The van der Waals surface area contributed by atoms with Gasteiger partial charge in [-0.3, -0.25) is 0 Å². The van der Waals surface area contributed by atoms with E-state index < -0.39 is 6.10 Å². The van der Waals surface area contributed by atoms with Crippen LogP contribution in [0.4, 0.5) is 0 Å². The van der Waals surface area contributed by atoms with Gasteiger partial charge in [0.1, 0.15) is 6.61 Å². The molecule has 1 unspecified atom stereocenters. The Hall–Kier alpha value is -1.27. The van der Waals surface area contributed by atoms with Gasteiger partial charge in [0, 0.05) is 23.1 Å². The average Bonchev–Trinajstić information content (AvgIpc) is 2.54. The van der Waals surface area contributed by atoms with Gasteiger partial charge in [0.2, 0.25) is 0 Å². The van der Waals surface area contributed by atoms with Crippen LogP contribution < -0.4 is 14.8 Å². The first-order valence-corrected chi connectivity index (χ1v) is 8.31. The number of hydrogen-bond donors (Lipinski definition) is 2. The van der Waals surface area contributed by atoms with E-state index in [0.717, 1.165) is 21.3 Å². The smallest absolute Gasteiger partial charge is 0.166 e. The van der Waals surface area contributed by atoms with Crippen molar-refractivity contribution in [3.8, 4) is 11.5 Å². The molecule has 2 N–H and O–H groups in total. The van der Waals surface area contributed by atoms with Gasteiger partial charge in [-0.1, -0.05) is 46.3 Å². The van der Waals surface area contributed by atoms with Crippen LogP contribution in [0.5, 0.6) is 11.5 Å². The van der Waals surface area contributed by atoms with Crippen molar-refractivity contribution in [2.75, 3.05) is 13.7 Å². The highest BCUT2D eigenvalue weighted by Gasteiger charge is 2.13. The Balaban J connectivity index is 0.00000288. The first-order valence-electron chi connectivity index (χ1n) is 7.52. The summed E-state index contributed by atoms with van der Waals surface area (Å²) < 4.78 is 12.4. The SMILES string of the molecule is COc1cc(Br)cc(CNCC(C)O)c1OCc1ccccc1.Cl. The number of benzene rings is 2. The minimum atomic E-state index is -0.391. The van der Waals surface area contributed by atoms with Gasteiger partial charge in [0.05, 0.1) is 13.2 Å². The predicted octanol–water partition coefficient (Wildman–Crippen LogP) is 3.93. The third-order valence-electron chi connectivity index (χ3n) is 3.30. The molecule has 0 bridgehead atoms. The number of hydrogen-bond acceptors (Lipinski definition) is 4. The maximum absolute atomic E-state index is 9.38. The highest BCUT2D eigenvalue weighted by Crippen LogP contribution is 2.35. The van der Waals surface area contributed by atoms with Crippen LogP contribution in [0.2, 0.25) is 0 Å². The molecule has 0 aliphatic rings. The molecule has 0 heterocycles. The molecule has 0 spiro atoms. The van der Waals surface area contributed by atoms with Crippen LogP contribution in [0.15, 0.2) is 46.9 Å². The number of rotatable bonds is 8. The van der Waals surface area contributed by atoms with Crippen LogP contribution in [0.1, 0.15) is 18.1 Å². The molecule has 6 heteroatoms. The lowest BCUT2D eigenvalue weighted by Gasteiger charge is -2.17. The Morgan fingerprint density at radius 1 is 1.21 bits per heavy atom. The summed E-state index contributed by atoms with van der Waals surface area (Å²) in [4.78, 5) is 0. The maximum atomic E-state index is 9.38. The summed E-state index contributed by atoms with van der Waals surface area (Å²) in [7, 11) is 1.63. The molecule has 0 fully saturated rings. The van der Waals surface area contributed by atoms with Crippen molar-refractivity contribution < 1.29 is 14.6 Å². The molecule has 4 nitrogen and oxygen atoms in total. The molecule has 2 aromatic rings. The zero-order chi connectivity index (χ0) is 16.7. The van der Waals surface area contributed by atoms with Gasteiger partial charge in [0.15, 0.2) is 11.5 Å². The second kappa shape index (κ2) is 10.6. The van der Waals surface area contributed by atoms with Gasteiger partial charge in [-0.2, -0.15) is 0 Å². The molecular formula is C18H23BrClNO3. The number of methoxy groups -OCH3 is 1. The lowest BCUT2D eigenvalue weighted by atomic mass is 10.1. The quantitative estimate of drug-likeness (QED) is 0.684. The van der Waals surface area contributed by atoms with Crippen molar-refractivity contribution in [3.63, 3.8) is 0 Å². The highest BCUT2D eigenvalue weighted by atomic mass is 79.9. The Kier molecular flexibility index (Phi) is 9.14. The van der Waals surface area contributed by atoms with E-state index in [9.17, 15) is 5.11 Å². The van der Waals surface area contributed by atoms with Gasteiger partial charge in [0.25, 0.3) is 0 Å². The van der Waals surface area contributed by atoms with Gasteiger partial charge in [-0.15, -0.1) is 12.4 Å². The molecule has 1 atom stereocenters. The molecule has 0 aliphatic heterocycles. The minimum absolute atomic E-state index is 0. The lowest BCUT2D eigenvalue weighted by molar-refractivity contribution is 0.190. The second-order valence-electron chi connectivity index (χ2n) is 5.35. The molecule has 0 aromatic heterocycles. The van der Waals surface area contributed by atoms with Crippen molar-refractivity contribution in [3.05, 3.63) is 58.1 Å². The third-order valence-corrected chi connectivity index (χ3v) is 3.76. The van der Waals surface area contributed by atoms with Crippen LogP contribution >= 0.6 is 28.3 Å². The molecule has 2 rings (SSSR count).